The molecule has 1 N–H and O–H groups in total. The Morgan fingerprint density at radius 3 is 2.53 bits per heavy atom. The van der Waals surface area contributed by atoms with E-state index in [4.69, 9.17) is 5.26 Å². The number of nitrogens with zero attached hydrogens (tertiary/aromatic N) is 3. The number of imide groups is 1. The van der Waals surface area contributed by atoms with Crippen LogP contribution in [0.1, 0.15) is 33.1 Å². The Balaban J connectivity index is 2.05. The third kappa shape index (κ3) is 2.43. The van der Waals surface area contributed by atoms with Gasteiger partial charge in [0.1, 0.15) is 5.54 Å². The van der Waals surface area contributed by atoms with Crippen molar-refractivity contribution in [1.82, 2.24) is 15.1 Å². The van der Waals surface area contributed by atoms with E-state index in [1.54, 1.807) is 0 Å². The van der Waals surface area contributed by atoms with Crippen LogP contribution >= 0.6 is 0 Å². The van der Waals surface area contributed by atoms with Gasteiger partial charge < -0.3 is 10.2 Å². The molecule has 2 fully saturated rings. The molecule has 3 amide bonds. The van der Waals surface area contributed by atoms with Crippen molar-refractivity contribution in [3.63, 3.8) is 0 Å². The Hall–Kier alpha value is -1.61. The van der Waals surface area contributed by atoms with Gasteiger partial charge in [-0.2, -0.15) is 5.26 Å². The summed E-state index contributed by atoms with van der Waals surface area (Å²) in [6.07, 6.45) is 1.49. The van der Waals surface area contributed by atoms with Crippen LogP contribution < -0.4 is 5.32 Å². The van der Waals surface area contributed by atoms with Crippen LogP contribution in [0.15, 0.2) is 0 Å². The topological polar surface area (TPSA) is 76.4 Å². The molecule has 2 saturated heterocycles. The molecule has 0 saturated carbocycles. The molecule has 2 rings (SSSR count). The van der Waals surface area contributed by atoms with E-state index in [0.717, 1.165) is 13.1 Å². The lowest BCUT2D eigenvalue weighted by Crippen LogP contribution is -2.56. The van der Waals surface area contributed by atoms with Crippen LogP contribution in [0.2, 0.25) is 0 Å². The van der Waals surface area contributed by atoms with Gasteiger partial charge in [0.25, 0.3) is 5.91 Å². The zero-order chi connectivity index (χ0) is 14.0. The molecule has 0 aromatic carbocycles. The maximum atomic E-state index is 12.4. The molecule has 0 radical (unpaired) electrons. The van der Waals surface area contributed by atoms with Crippen LogP contribution in [0, 0.1) is 11.3 Å². The van der Waals surface area contributed by atoms with E-state index in [0.29, 0.717) is 18.9 Å². The minimum Gasteiger partial charge on any atom is -0.323 e. The summed E-state index contributed by atoms with van der Waals surface area (Å²) in [5, 5.41) is 11.4. The lowest BCUT2D eigenvalue weighted by atomic mass is 9.87. The van der Waals surface area contributed by atoms with Crippen molar-refractivity contribution in [3.05, 3.63) is 0 Å². The molecule has 0 atom stereocenters. The zero-order valence-corrected chi connectivity index (χ0v) is 11.5. The first-order chi connectivity index (χ1) is 9.00. The summed E-state index contributed by atoms with van der Waals surface area (Å²) in [4.78, 5) is 27.7. The molecule has 6 nitrogen and oxygen atoms in total. The normalized spacial score (nSPS) is 22.9. The summed E-state index contributed by atoms with van der Waals surface area (Å²) in [6, 6.07) is 2.08. The lowest BCUT2D eigenvalue weighted by molar-refractivity contribution is -0.133. The Bertz CT molecular complexity index is 419. The zero-order valence-electron chi connectivity index (χ0n) is 11.5. The van der Waals surface area contributed by atoms with E-state index in [1.165, 1.54) is 4.90 Å². The summed E-state index contributed by atoms with van der Waals surface area (Å²) in [7, 11) is 0. The highest BCUT2D eigenvalue weighted by molar-refractivity contribution is 6.07. The van der Waals surface area contributed by atoms with Crippen molar-refractivity contribution >= 4 is 11.9 Å². The molecule has 19 heavy (non-hydrogen) atoms. The standard InChI is InChI=1S/C13H20N4O2/c1-10(2)16-8-4-13(5-9-16)11(18)17(7-3-6-14)12(19)15-13/h10H,3-5,7-9H2,1-2H3,(H,15,19). The number of piperidine rings is 1. The highest BCUT2D eigenvalue weighted by Crippen LogP contribution is 2.30. The SMILES string of the molecule is CC(C)N1CCC2(CC1)NC(=O)N(CCC#N)C2=O. The van der Waals surface area contributed by atoms with Crippen molar-refractivity contribution in [3.8, 4) is 6.07 Å². The van der Waals surface area contributed by atoms with Crippen LogP contribution in [0.4, 0.5) is 4.79 Å². The molecule has 0 bridgehead atoms. The minimum absolute atomic E-state index is 0.156. The van der Waals surface area contributed by atoms with Gasteiger partial charge in [-0.15, -0.1) is 0 Å². The van der Waals surface area contributed by atoms with E-state index < -0.39 is 5.54 Å². The van der Waals surface area contributed by atoms with Gasteiger partial charge in [0.15, 0.2) is 0 Å². The minimum atomic E-state index is -0.724. The highest BCUT2D eigenvalue weighted by Gasteiger charge is 2.52. The van der Waals surface area contributed by atoms with Gasteiger partial charge in [0, 0.05) is 25.7 Å². The Labute approximate surface area is 113 Å². The first-order valence-electron chi connectivity index (χ1n) is 6.75. The Morgan fingerprint density at radius 1 is 1.37 bits per heavy atom. The van der Waals surface area contributed by atoms with Crippen LogP contribution in [0.5, 0.6) is 0 Å². The molecule has 6 heteroatoms. The van der Waals surface area contributed by atoms with Crippen LogP contribution in [0.3, 0.4) is 0 Å². The predicted octanol–water partition coefficient (Wildman–Crippen LogP) is 0.695. The second-order valence-electron chi connectivity index (χ2n) is 5.51. The molecular weight excluding hydrogens is 244 g/mol. The predicted molar refractivity (Wildman–Crippen MR) is 69.1 cm³/mol. The van der Waals surface area contributed by atoms with Gasteiger partial charge in [-0.1, -0.05) is 0 Å². The summed E-state index contributed by atoms with van der Waals surface area (Å²) in [5.41, 5.74) is -0.724. The monoisotopic (exact) mass is 264 g/mol. The fourth-order valence-corrected chi connectivity index (χ4v) is 2.80. The molecule has 2 heterocycles. The second-order valence-corrected chi connectivity index (χ2v) is 5.51. The summed E-state index contributed by atoms with van der Waals surface area (Å²) in [5.74, 6) is -0.156. The Morgan fingerprint density at radius 2 is 2.00 bits per heavy atom. The highest BCUT2D eigenvalue weighted by atomic mass is 16.2. The third-order valence-corrected chi connectivity index (χ3v) is 4.07. The number of carbonyl (C=O) groups is 2. The van der Waals surface area contributed by atoms with E-state index in [9.17, 15) is 9.59 Å². The molecule has 0 aliphatic carbocycles. The van der Waals surface area contributed by atoms with Crippen LogP contribution in [0.25, 0.3) is 0 Å². The number of carbonyl (C=O) groups excluding carboxylic acids is 2. The molecule has 1 spiro atoms. The van der Waals surface area contributed by atoms with E-state index in [2.05, 4.69) is 24.1 Å². The van der Waals surface area contributed by atoms with Crippen molar-refractivity contribution in [2.45, 2.75) is 44.7 Å². The maximum absolute atomic E-state index is 12.4. The third-order valence-electron chi connectivity index (χ3n) is 4.07. The summed E-state index contributed by atoms with van der Waals surface area (Å²) < 4.78 is 0. The van der Waals surface area contributed by atoms with Gasteiger partial charge >= 0.3 is 6.03 Å². The lowest BCUT2D eigenvalue weighted by Gasteiger charge is -2.39. The first-order valence-corrected chi connectivity index (χ1v) is 6.75. The van der Waals surface area contributed by atoms with Crippen LogP contribution in [-0.4, -0.2) is 53.0 Å². The summed E-state index contributed by atoms with van der Waals surface area (Å²) >= 11 is 0. The van der Waals surface area contributed by atoms with Crippen molar-refractivity contribution in [2.24, 2.45) is 0 Å². The quantitative estimate of drug-likeness (QED) is 0.761. The first kappa shape index (κ1) is 13.8. The molecule has 0 unspecified atom stereocenters. The number of nitrogens with one attached hydrogen (secondary N) is 1. The Kier molecular flexibility index (Phi) is 3.76. The average molecular weight is 264 g/mol. The van der Waals surface area contributed by atoms with Crippen LogP contribution in [-0.2, 0) is 4.79 Å². The van der Waals surface area contributed by atoms with E-state index >= 15 is 0 Å². The molecule has 0 aromatic rings. The van der Waals surface area contributed by atoms with Gasteiger partial charge in [-0.05, 0) is 26.7 Å². The number of hydrogen-bond acceptors (Lipinski definition) is 4. The molecule has 0 aromatic heterocycles. The number of hydrogen-bond donors (Lipinski definition) is 1. The smallest absolute Gasteiger partial charge is 0.323 e. The molecule has 104 valence electrons. The maximum Gasteiger partial charge on any atom is 0.325 e. The average Bonchev–Trinajstić information content (AvgIpc) is 2.60. The largest absolute Gasteiger partial charge is 0.325 e. The fraction of sp³-hybridized carbons (Fsp3) is 0.769. The van der Waals surface area contributed by atoms with Gasteiger partial charge in [0.2, 0.25) is 0 Å². The van der Waals surface area contributed by atoms with Gasteiger partial charge in [0.05, 0.1) is 12.5 Å². The van der Waals surface area contributed by atoms with E-state index in [-0.39, 0.29) is 24.9 Å². The molecular formula is C13H20N4O2. The second kappa shape index (κ2) is 5.17. The van der Waals surface area contributed by atoms with Gasteiger partial charge in [-0.25, -0.2) is 4.79 Å². The van der Waals surface area contributed by atoms with Gasteiger partial charge in [-0.3, -0.25) is 9.69 Å². The molecule has 2 aliphatic heterocycles. The van der Waals surface area contributed by atoms with E-state index in [1.807, 2.05) is 6.07 Å². The molecule has 2 aliphatic rings. The summed E-state index contributed by atoms with van der Waals surface area (Å²) in [6.45, 7) is 6.08. The number of amides is 3. The van der Waals surface area contributed by atoms with Crippen molar-refractivity contribution < 1.29 is 9.59 Å². The van der Waals surface area contributed by atoms with Crippen molar-refractivity contribution in [1.29, 1.82) is 5.26 Å². The number of nitriles is 1. The number of rotatable bonds is 3. The van der Waals surface area contributed by atoms with Crippen molar-refractivity contribution in [2.75, 3.05) is 19.6 Å². The number of likely N-dealkylation sites (tertiary alicyclic amines) is 1. The number of urea groups is 1. The fourth-order valence-electron chi connectivity index (χ4n) is 2.80.